The highest BCUT2D eigenvalue weighted by atomic mass is 16.3. The Kier molecular flexibility index (Phi) is 6.19. The van der Waals surface area contributed by atoms with Gasteiger partial charge in [-0.25, -0.2) is 0 Å². The van der Waals surface area contributed by atoms with Crippen molar-refractivity contribution >= 4 is 17.3 Å². The SMILES string of the molecule is C[C@H](CCC(=O)N1CNc2ccccc21)[C@H]1CC[C@H]2[C@@H]3[C@H](O)C[C@@H]4C[C@H](O)CC[C@]4(C)[C@H]3CC[C@]12C. The zero-order valence-corrected chi connectivity index (χ0v) is 22.5. The maximum Gasteiger partial charge on any atom is 0.228 e. The lowest BCUT2D eigenvalue weighted by atomic mass is 9.43. The lowest BCUT2D eigenvalue weighted by molar-refractivity contribution is -0.174. The number of carbonyl (C=O) groups excluding carboxylic acids is 1. The Balaban J connectivity index is 1.13. The van der Waals surface area contributed by atoms with Crippen LogP contribution in [0.1, 0.15) is 85.0 Å². The Morgan fingerprint density at radius 2 is 1.81 bits per heavy atom. The van der Waals surface area contributed by atoms with Crippen molar-refractivity contribution in [1.82, 2.24) is 0 Å². The Labute approximate surface area is 217 Å². The summed E-state index contributed by atoms with van der Waals surface area (Å²) < 4.78 is 0. The third-order valence-corrected chi connectivity index (χ3v) is 12.2. The van der Waals surface area contributed by atoms with Gasteiger partial charge < -0.3 is 15.5 Å². The number of benzene rings is 1. The van der Waals surface area contributed by atoms with Gasteiger partial charge in [-0.3, -0.25) is 9.69 Å². The molecular formula is C31H46N2O3. The number of hydrogen-bond donors (Lipinski definition) is 3. The summed E-state index contributed by atoms with van der Waals surface area (Å²) in [5.41, 5.74) is 2.61. The lowest BCUT2D eigenvalue weighted by Gasteiger charge is -2.62. The summed E-state index contributed by atoms with van der Waals surface area (Å²) in [6.07, 6.45) is 9.88. The molecule has 198 valence electrons. The number of rotatable bonds is 4. The van der Waals surface area contributed by atoms with Crippen LogP contribution in [0, 0.1) is 46.3 Å². The van der Waals surface area contributed by atoms with Gasteiger partial charge in [-0.15, -0.1) is 0 Å². The van der Waals surface area contributed by atoms with Gasteiger partial charge in [-0.1, -0.05) is 32.9 Å². The van der Waals surface area contributed by atoms with E-state index in [0.29, 0.717) is 48.6 Å². The highest BCUT2D eigenvalue weighted by Gasteiger charge is 2.62. The molecule has 1 aromatic carbocycles. The fourth-order valence-electron chi connectivity index (χ4n) is 10.2. The standard InChI is InChI=1S/C31H46N2O3/c1-19(8-11-28(36)33-18-32-25-6-4-5-7-26(25)33)22-9-10-23-29-24(13-15-31(22,23)3)30(2)14-12-21(34)16-20(30)17-27(29)35/h4-7,19-24,27,29,32,34-35H,8-18H2,1-3H3/t19-,20+,21-,22-,23+,24+,27-,29+,30+,31-/m1/s1. The summed E-state index contributed by atoms with van der Waals surface area (Å²) >= 11 is 0. The number of aliphatic hydroxyl groups is 2. The smallest absolute Gasteiger partial charge is 0.228 e. The zero-order valence-electron chi connectivity index (χ0n) is 22.5. The number of aliphatic hydroxyl groups excluding tert-OH is 2. The number of hydrogen-bond acceptors (Lipinski definition) is 4. The summed E-state index contributed by atoms with van der Waals surface area (Å²) in [5.74, 6) is 3.43. The maximum absolute atomic E-state index is 13.1. The second-order valence-corrected chi connectivity index (χ2v) is 13.6. The Hall–Kier alpha value is -1.59. The van der Waals surface area contributed by atoms with Gasteiger partial charge in [-0.2, -0.15) is 0 Å². The number of fused-ring (bicyclic) bond motifs is 6. The van der Waals surface area contributed by atoms with Crippen LogP contribution in [0.25, 0.3) is 0 Å². The van der Waals surface area contributed by atoms with Crippen LogP contribution >= 0.6 is 0 Å². The molecule has 0 unspecified atom stereocenters. The molecule has 0 bridgehead atoms. The molecule has 0 saturated heterocycles. The van der Waals surface area contributed by atoms with Gasteiger partial charge in [0.25, 0.3) is 0 Å². The monoisotopic (exact) mass is 494 g/mol. The van der Waals surface area contributed by atoms with Crippen molar-refractivity contribution < 1.29 is 15.0 Å². The quantitative estimate of drug-likeness (QED) is 0.494. The molecule has 5 heteroatoms. The van der Waals surface area contributed by atoms with Crippen LogP contribution in [-0.2, 0) is 4.79 Å². The predicted molar refractivity (Wildman–Crippen MR) is 143 cm³/mol. The largest absolute Gasteiger partial charge is 0.393 e. The molecule has 4 aliphatic carbocycles. The second-order valence-electron chi connectivity index (χ2n) is 13.6. The Morgan fingerprint density at radius 1 is 1.06 bits per heavy atom. The average molecular weight is 495 g/mol. The number of amides is 1. The highest BCUT2D eigenvalue weighted by Crippen LogP contribution is 2.68. The van der Waals surface area contributed by atoms with Crippen molar-refractivity contribution in [3.8, 4) is 0 Å². The van der Waals surface area contributed by atoms with Gasteiger partial charge in [0.1, 0.15) is 0 Å². The van der Waals surface area contributed by atoms with E-state index in [9.17, 15) is 15.0 Å². The van der Waals surface area contributed by atoms with Gasteiger partial charge in [-0.05, 0) is 116 Å². The topological polar surface area (TPSA) is 72.8 Å². The van der Waals surface area contributed by atoms with Crippen LogP contribution in [0.15, 0.2) is 24.3 Å². The van der Waals surface area contributed by atoms with Crippen molar-refractivity contribution in [1.29, 1.82) is 0 Å². The van der Waals surface area contributed by atoms with E-state index in [1.54, 1.807) is 0 Å². The fraction of sp³-hybridized carbons (Fsp3) is 0.774. The molecule has 1 amide bonds. The number of carbonyl (C=O) groups is 1. The molecule has 0 aromatic heterocycles. The van der Waals surface area contributed by atoms with Crippen LogP contribution < -0.4 is 10.2 Å². The third-order valence-electron chi connectivity index (χ3n) is 12.2. The summed E-state index contributed by atoms with van der Waals surface area (Å²) in [6, 6.07) is 8.09. The highest BCUT2D eigenvalue weighted by molar-refractivity contribution is 5.99. The van der Waals surface area contributed by atoms with Crippen molar-refractivity contribution in [2.75, 3.05) is 16.9 Å². The minimum Gasteiger partial charge on any atom is -0.393 e. The summed E-state index contributed by atoms with van der Waals surface area (Å²) in [6.45, 7) is 7.97. The number of nitrogens with zero attached hydrogens (tertiary/aromatic N) is 1. The Bertz CT molecular complexity index is 998. The van der Waals surface area contributed by atoms with Crippen LogP contribution in [0.2, 0.25) is 0 Å². The van der Waals surface area contributed by atoms with Gasteiger partial charge >= 0.3 is 0 Å². The molecular weight excluding hydrogens is 448 g/mol. The summed E-state index contributed by atoms with van der Waals surface area (Å²) in [5, 5.41) is 25.1. The molecule has 5 nitrogen and oxygen atoms in total. The molecule has 0 spiro atoms. The Morgan fingerprint density at radius 3 is 2.64 bits per heavy atom. The molecule has 4 saturated carbocycles. The molecule has 1 heterocycles. The van der Waals surface area contributed by atoms with Crippen LogP contribution in [0.3, 0.4) is 0 Å². The first-order valence-electron chi connectivity index (χ1n) is 14.7. The molecule has 1 aliphatic heterocycles. The van der Waals surface area contributed by atoms with Gasteiger partial charge in [0.15, 0.2) is 0 Å². The van der Waals surface area contributed by atoms with E-state index in [4.69, 9.17) is 0 Å². The van der Waals surface area contributed by atoms with Gasteiger partial charge in [0.05, 0.1) is 30.3 Å². The molecule has 10 atom stereocenters. The number of anilines is 2. The van der Waals surface area contributed by atoms with Crippen LogP contribution in [0.4, 0.5) is 11.4 Å². The first kappa shape index (κ1) is 24.7. The molecule has 4 fully saturated rings. The van der Waals surface area contributed by atoms with Crippen LogP contribution in [0.5, 0.6) is 0 Å². The van der Waals surface area contributed by atoms with E-state index in [1.165, 1.54) is 25.7 Å². The van der Waals surface area contributed by atoms with E-state index in [-0.39, 0.29) is 28.9 Å². The predicted octanol–water partition coefficient (Wildman–Crippen LogP) is 5.81. The van der Waals surface area contributed by atoms with E-state index >= 15 is 0 Å². The van der Waals surface area contributed by atoms with Crippen LogP contribution in [-0.4, -0.2) is 35.0 Å². The van der Waals surface area contributed by atoms with Gasteiger partial charge in [0.2, 0.25) is 5.91 Å². The summed E-state index contributed by atoms with van der Waals surface area (Å²) in [7, 11) is 0. The maximum atomic E-state index is 13.1. The molecule has 5 aliphatic rings. The van der Waals surface area contributed by atoms with Crippen molar-refractivity contribution in [2.45, 2.75) is 97.2 Å². The first-order chi connectivity index (χ1) is 17.2. The van der Waals surface area contributed by atoms with E-state index in [0.717, 1.165) is 43.5 Å². The minimum atomic E-state index is -0.221. The molecule has 0 radical (unpaired) electrons. The van der Waals surface area contributed by atoms with E-state index in [1.807, 2.05) is 29.2 Å². The van der Waals surface area contributed by atoms with Gasteiger partial charge in [0, 0.05) is 6.42 Å². The second kappa shape index (κ2) is 9.01. The normalized spacial score (nSPS) is 44.1. The number of para-hydroxylation sites is 2. The summed E-state index contributed by atoms with van der Waals surface area (Å²) in [4.78, 5) is 15.1. The number of nitrogens with one attached hydrogen (secondary N) is 1. The zero-order chi connectivity index (χ0) is 25.2. The van der Waals surface area contributed by atoms with Crippen molar-refractivity contribution in [3.05, 3.63) is 24.3 Å². The average Bonchev–Trinajstić information content (AvgIpc) is 3.44. The first-order valence-corrected chi connectivity index (χ1v) is 14.7. The molecule has 1 aromatic rings. The van der Waals surface area contributed by atoms with E-state index in [2.05, 4.69) is 26.1 Å². The minimum absolute atomic E-state index is 0.176. The molecule has 6 rings (SSSR count). The molecule has 36 heavy (non-hydrogen) atoms. The fourth-order valence-corrected chi connectivity index (χ4v) is 10.2. The van der Waals surface area contributed by atoms with Crippen molar-refractivity contribution in [3.63, 3.8) is 0 Å². The third kappa shape index (κ3) is 3.74. The lowest BCUT2D eigenvalue weighted by Crippen LogP contribution is -2.58. The van der Waals surface area contributed by atoms with E-state index < -0.39 is 0 Å². The molecule has 3 N–H and O–H groups in total. The van der Waals surface area contributed by atoms with Crippen molar-refractivity contribution in [2.24, 2.45) is 46.3 Å².